The minimum Gasteiger partial charge on any atom is -0.493 e. The summed E-state index contributed by atoms with van der Waals surface area (Å²) in [4.78, 5) is 11.8. The molecule has 3 rings (SSSR count). The van der Waals surface area contributed by atoms with Gasteiger partial charge in [-0.1, -0.05) is 31.0 Å². The van der Waals surface area contributed by atoms with Crippen molar-refractivity contribution in [2.75, 3.05) is 13.2 Å². The molecule has 0 spiro atoms. The molecule has 1 aromatic carbocycles. The number of carboxylic acid groups (broad SMARTS) is 1. The van der Waals surface area contributed by atoms with Crippen LogP contribution in [0.1, 0.15) is 37.2 Å². The fourth-order valence-electron chi connectivity index (χ4n) is 3.26. The van der Waals surface area contributed by atoms with Crippen LogP contribution < -0.4 is 10.5 Å². The molecule has 4 heteroatoms. The summed E-state index contributed by atoms with van der Waals surface area (Å²) in [5.41, 5.74) is 6.19. The highest BCUT2D eigenvalue weighted by atomic mass is 16.5. The Balaban J connectivity index is 1.81. The van der Waals surface area contributed by atoms with Crippen LogP contribution in [0.2, 0.25) is 0 Å². The highest BCUT2D eigenvalue weighted by Gasteiger charge is 2.45. The topological polar surface area (TPSA) is 72.5 Å². The Morgan fingerprint density at radius 3 is 2.75 bits per heavy atom. The first-order chi connectivity index (χ1) is 9.64. The summed E-state index contributed by atoms with van der Waals surface area (Å²) in [6.45, 7) is 0.774. The fourth-order valence-corrected chi connectivity index (χ4v) is 3.26. The molecule has 1 aromatic rings. The summed E-state index contributed by atoms with van der Waals surface area (Å²) in [7, 11) is 0. The van der Waals surface area contributed by atoms with Gasteiger partial charge in [-0.25, -0.2) is 0 Å². The zero-order valence-corrected chi connectivity index (χ0v) is 11.5. The number of rotatable bonds is 6. The van der Waals surface area contributed by atoms with Crippen LogP contribution >= 0.6 is 0 Å². The minimum atomic E-state index is -0.799. The number of para-hydroxylation sites is 1. The second kappa shape index (κ2) is 5.09. The van der Waals surface area contributed by atoms with E-state index in [1.807, 2.05) is 24.3 Å². The summed E-state index contributed by atoms with van der Waals surface area (Å²) >= 11 is 0. The maximum atomic E-state index is 11.8. The standard InChI is InChI=1S/C16H21NO3/c17-10-16(15(18)19,7-11-5-6-11)8-12-9-20-14-4-2-1-3-13(12)14/h1-4,11-12H,5-10,17H2,(H,18,19). The molecule has 1 aliphatic carbocycles. The smallest absolute Gasteiger partial charge is 0.310 e. The van der Waals surface area contributed by atoms with Gasteiger partial charge in [-0.3, -0.25) is 4.79 Å². The monoisotopic (exact) mass is 275 g/mol. The first-order valence-electron chi connectivity index (χ1n) is 7.30. The normalized spacial score (nSPS) is 23.8. The molecule has 1 fully saturated rings. The third-order valence-electron chi connectivity index (χ3n) is 4.66. The van der Waals surface area contributed by atoms with Gasteiger partial charge in [-0.15, -0.1) is 0 Å². The lowest BCUT2D eigenvalue weighted by Crippen LogP contribution is -2.40. The number of nitrogens with two attached hydrogens (primary N) is 1. The van der Waals surface area contributed by atoms with Crippen molar-refractivity contribution in [2.45, 2.75) is 31.6 Å². The van der Waals surface area contributed by atoms with Crippen LogP contribution in [0.4, 0.5) is 0 Å². The molecule has 0 aromatic heterocycles. The van der Waals surface area contributed by atoms with E-state index in [-0.39, 0.29) is 12.5 Å². The maximum absolute atomic E-state index is 11.8. The van der Waals surface area contributed by atoms with Gasteiger partial charge in [0, 0.05) is 18.0 Å². The third kappa shape index (κ3) is 2.40. The molecule has 3 N–H and O–H groups in total. The Hall–Kier alpha value is -1.55. The number of hydrogen-bond acceptors (Lipinski definition) is 3. The third-order valence-corrected chi connectivity index (χ3v) is 4.66. The second-order valence-corrected chi connectivity index (χ2v) is 6.19. The Bertz CT molecular complexity index is 512. The van der Waals surface area contributed by atoms with Crippen LogP contribution in [0.15, 0.2) is 24.3 Å². The van der Waals surface area contributed by atoms with Crippen LogP contribution in [0, 0.1) is 11.3 Å². The van der Waals surface area contributed by atoms with Crippen molar-refractivity contribution in [3.8, 4) is 5.75 Å². The van der Waals surface area contributed by atoms with Crippen molar-refractivity contribution >= 4 is 5.97 Å². The van der Waals surface area contributed by atoms with E-state index in [0.29, 0.717) is 25.4 Å². The number of fused-ring (bicyclic) bond motifs is 1. The van der Waals surface area contributed by atoms with Crippen molar-refractivity contribution in [1.29, 1.82) is 0 Å². The number of benzene rings is 1. The lowest BCUT2D eigenvalue weighted by atomic mass is 9.74. The summed E-state index contributed by atoms with van der Waals surface area (Å²) in [5, 5.41) is 9.69. The molecule has 0 bridgehead atoms. The molecule has 4 nitrogen and oxygen atoms in total. The van der Waals surface area contributed by atoms with Crippen molar-refractivity contribution in [2.24, 2.45) is 17.1 Å². The number of aliphatic carboxylic acids is 1. The summed E-state index contributed by atoms with van der Waals surface area (Å²) in [6.07, 6.45) is 3.57. The highest BCUT2D eigenvalue weighted by Crippen LogP contribution is 2.47. The summed E-state index contributed by atoms with van der Waals surface area (Å²) in [5.74, 6) is 0.827. The Kier molecular flexibility index (Phi) is 3.42. The lowest BCUT2D eigenvalue weighted by Gasteiger charge is -2.30. The average molecular weight is 275 g/mol. The highest BCUT2D eigenvalue weighted by molar-refractivity contribution is 5.75. The zero-order valence-electron chi connectivity index (χ0n) is 11.5. The quantitative estimate of drug-likeness (QED) is 0.836. The van der Waals surface area contributed by atoms with E-state index in [1.54, 1.807) is 0 Å². The molecule has 0 radical (unpaired) electrons. The van der Waals surface area contributed by atoms with E-state index in [0.717, 1.165) is 24.2 Å². The van der Waals surface area contributed by atoms with Gasteiger partial charge in [0.25, 0.3) is 0 Å². The number of carboxylic acids is 1. The summed E-state index contributed by atoms with van der Waals surface area (Å²) in [6, 6.07) is 7.90. The molecule has 1 heterocycles. The van der Waals surface area contributed by atoms with Crippen molar-refractivity contribution in [3.05, 3.63) is 29.8 Å². The van der Waals surface area contributed by atoms with Gasteiger partial charge in [0.05, 0.1) is 12.0 Å². The first-order valence-corrected chi connectivity index (χ1v) is 7.30. The predicted molar refractivity (Wildman–Crippen MR) is 75.8 cm³/mol. The van der Waals surface area contributed by atoms with Gasteiger partial charge < -0.3 is 15.6 Å². The number of carbonyl (C=O) groups is 1. The molecule has 2 atom stereocenters. The first kappa shape index (κ1) is 13.4. The van der Waals surface area contributed by atoms with E-state index in [9.17, 15) is 9.90 Å². The number of ether oxygens (including phenoxy) is 1. The molecule has 0 amide bonds. The molecular formula is C16H21NO3. The minimum absolute atomic E-state index is 0.143. The predicted octanol–water partition coefficient (Wildman–Crippen LogP) is 2.38. The van der Waals surface area contributed by atoms with Crippen LogP contribution in [-0.4, -0.2) is 24.2 Å². The van der Waals surface area contributed by atoms with Gasteiger partial charge in [-0.05, 0) is 24.8 Å². The van der Waals surface area contributed by atoms with Crippen LogP contribution in [-0.2, 0) is 4.79 Å². The van der Waals surface area contributed by atoms with Crippen molar-refractivity contribution in [3.63, 3.8) is 0 Å². The molecule has 20 heavy (non-hydrogen) atoms. The zero-order chi connectivity index (χ0) is 14.2. The molecule has 0 saturated heterocycles. The van der Waals surface area contributed by atoms with E-state index < -0.39 is 11.4 Å². The van der Waals surface area contributed by atoms with E-state index >= 15 is 0 Å². The SMILES string of the molecule is NCC(CC1CC1)(CC1COc2ccccc21)C(=O)O. The molecule has 2 unspecified atom stereocenters. The van der Waals surface area contributed by atoms with Gasteiger partial charge in [0.15, 0.2) is 0 Å². The van der Waals surface area contributed by atoms with Crippen molar-refractivity contribution < 1.29 is 14.6 Å². The molecule has 2 aliphatic rings. The molecule has 108 valence electrons. The van der Waals surface area contributed by atoms with E-state index in [2.05, 4.69) is 0 Å². The fraction of sp³-hybridized carbons (Fsp3) is 0.562. The Morgan fingerprint density at radius 2 is 2.10 bits per heavy atom. The van der Waals surface area contributed by atoms with Gasteiger partial charge in [-0.2, -0.15) is 0 Å². The van der Waals surface area contributed by atoms with Gasteiger partial charge >= 0.3 is 5.97 Å². The Morgan fingerprint density at radius 1 is 1.35 bits per heavy atom. The van der Waals surface area contributed by atoms with Gasteiger partial charge in [0.2, 0.25) is 0 Å². The second-order valence-electron chi connectivity index (χ2n) is 6.19. The van der Waals surface area contributed by atoms with Crippen LogP contribution in [0.25, 0.3) is 0 Å². The van der Waals surface area contributed by atoms with Gasteiger partial charge in [0.1, 0.15) is 5.75 Å². The maximum Gasteiger partial charge on any atom is 0.310 e. The van der Waals surface area contributed by atoms with E-state index in [1.165, 1.54) is 0 Å². The number of hydrogen-bond donors (Lipinski definition) is 2. The summed E-state index contributed by atoms with van der Waals surface area (Å²) < 4.78 is 5.67. The lowest BCUT2D eigenvalue weighted by molar-refractivity contribution is -0.150. The molecule has 1 aliphatic heterocycles. The van der Waals surface area contributed by atoms with Crippen molar-refractivity contribution in [1.82, 2.24) is 0 Å². The average Bonchev–Trinajstić information content (AvgIpc) is 3.18. The largest absolute Gasteiger partial charge is 0.493 e. The van der Waals surface area contributed by atoms with Crippen LogP contribution in [0.3, 0.4) is 0 Å². The van der Waals surface area contributed by atoms with Crippen LogP contribution in [0.5, 0.6) is 5.75 Å². The van der Waals surface area contributed by atoms with E-state index in [4.69, 9.17) is 10.5 Å². The molecule has 1 saturated carbocycles. The Labute approximate surface area is 118 Å². The molecular weight excluding hydrogens is 254 g/mol.